The van der Waals surface area contributed by atoms with Crippen LogP contribution in [0, 0.1) is 5.92 Å². The molecule has 2 fully saturated rings. The van der Waals surface area contributed by atoms with E-state index in [1.165, 1.54) is 6.42 Å². The standard InChI is InChI=1S/C20H27N5O/c1-2-4-18-21-10-7-17(23-18)16-13-22-24-19(16)14-8-11-25(12-9-14)20(26)15-5-3-6-15/h7,10,13-15H,2-6,8-9,11-12H2,1H3,(H,22,24). The zero-order valence-corrected chi connectivity index (χ0v) is 15.4. The molecule has 2 aliphatic rings. The summed E-state index contributed by atoms with van der Waals surface area (Å²) in [4.78, 5) is 23.6. The van der Waals surface area contributed by atoms with E-state index in [0.717, 1.165) is 74.4 Å². The quantitative estimate of drug-likeness (QED) is 0.895. The molecule has 6 nitrogen and oxygen atoms in total. The predicted octanol–water partition coefficient (Wildman–Crippen LogP) is 3.33. The van der Waals surface area contributed by atoms with Gasteiger partial charge in [-0.05, 0) is 38.2 Å². The number of likely N-dealkylation sites (tertiary alicyclic amines) is 1. The Bertz CT molecular complexity index is 759. The second kappa shape index (κ2) is 7.56. The summed E-state index contributed by atoms with van der Waals surface area (Å²) in [5, 5.41) is 7.49. The number of H-pyrrole nitrogens is 1. The zero-order chi connectivity index (χ0) is 17.9. The molecule has 0 unspecified atom stereocenters. The Labute approximate surface area is 154 Å². The number of amides is 1. The summed E-state index contributed by atoms with van der Waals surface area (Å²) in [5.74, 6) is 1.97. The van der Waals surface area contributed by atoms with E-state index in [0.29, 0.717) is 17.7 Å². The van der Waals surface area contributed by atoms with E-state index in [9.17, 15) is 4.79 Å². The van der Waals surface area contributed by atoms with Crippen LogP contribution in [0.25, 0.3) is 11.3 Å². The van der Waals surface area contributed by atoms with Gasteiger partial charge in [-0.3, -0.25) is 9.89 Å². The number of carbonyl (C=O) groups is 1. The topological polar surface area (TPSA) is 74.8 Å². The molecule has 1 aliphatic heterocycles. The van der Waals surface area contributed by atoms with E-state index in [-0.39, 0.29) is 0 Å². The molecule has 26 heavy (non-hydrogen) atoms. The lowest BCUT2D eigenvalue weighted by Crippen LogP contribution is -2.43. The minimum absolute atomic E-state index is 0.298. The number of aromatic amines is 1. The van der Waals surface area contributed by atoms with Crippen LogP contribution >= 0.6 is 0 Å². The second-order valence-electron chi connectivity index (χ2n) is 7.53. The Morgan fingerprint density at radius 1 is 1.27 bits per heavy atom. The van der Waals surface area contributed by atoms with Gasteiger partial charge in [-0.2, -0.15) is 5.10 Å². The number of nitrogens with one attached hydrogen (secondary N) is 1. The zero-order valence-electron chi connectivity index (χ0n) is 15.4. The molecule has 2 aromatic rings. The molecule has 1 saturated heterocycles. The maximum Gasteiger partial charge on any atom is 0.225 e. The van der Waals surface area contributed by atoms with Crippen molar-refractivity contribution in [1.29, 1.82) is 0 Å². The highest BCUT2D eigenvalue weighted by Crippen LogP contribution is 2.35. The van der Waals surface area contributed by atoms with Crippen molar-refractivity contribution in [2.45, 2.75) is 57.8 Å². The average molecular weight is 353 g/mol. The molecular formula is C20H27N5O. The molecule has 0 bridgehead atoms. The molecule has 1 amide bonds. The molecule has 4 rings (SSSR count). The summed E-state index contributed by atoms with van der Waals surface area (Å²) in [6, 6.07) is 1.96. The monoisotopic (exact) mass is 353 g/mol. The van der Waals surface area contributed by atoms with Gasteiger partial charge in [-0.1, -0.05) is 13.3 Å². The summed E-state index contributed by atoms with van der Waals surface area (Å²) in [6.07, 6.45) is 11.0. The number of hydrogen-bond donors (Lipinski definition) is 1. The van der Waals surface area contributed by atoms with Crippen molar-refractivity contribution in [1.82, 2.24) is 25.1 Å². The Balaban J connectivity index is 1.46. The van der Waals surface area contributed by atoms with Gasteiger partial charge in [0.05, 0.1) is 11.9 Å². The highest BCUT2D eigenvalue weighted by atomic mass is 16.2. The number of rotatable bonds is 5. The van der Waals surface area contributed by atoms with Crippen molar-refractivity contribution in [2.75, 3.05) is 13.1 Å². The predicted molar refractivity (Wildman–Crippen MR) is 99.5 cm³/mol. The molecule has 0 atom stereocenters. The van der Waals surface area contributed by atoms with Gasteiger partial charge in [-0.15, -0.1) is 0 Å². The number of carbonyl (C=O) groups excluding carboxylic acids is 1. The molecule has 0 radical (unpaired) electrons. The molecule has 1 aliphatic carbocycles. The third-order valence-electron chi connectivity index (χ3n) is 5.79. The van der Waals surface area contributed by atoms with Crippen molar-refractivity contribution < 1.29 is 4.79 Å². The highest BCUT2D eigenvalue weighted by Gasteiger charge is 2.32. The van der Waals surface area contributed by atoms with Gasteiger partial charge in [0.1, 0.15) is 5.82 Å². The van der Waals surface area contributed by atoms with Crippen molar-refractivity contribution in [2.24, 2.45) is 5.92 Å². The fourth-order valence-electron chi connectivity index (χ4n) is 4.01. The van der Waals surface area contributed by atoms with Gasteiger partial charge in [0.15, 0.2) is 0 Å². The first-order valence-corrected chi connectivity index (χ1v) is 9.90. The van der Waals surface area contributed by atoms with Gasteiger partial charge in [-0.25, -0.2) is 9.97 Å². The smallest absolute Gasteiger partial charge is 0.225 e. The van der Waals surface area contributed by atoms with Crippen LogP contribution < -0.4 is 0 Å². The fourth-order valence-corrected chi connectivity index (χ4v) is 4.01. The fraction of sp³-hybridized carbons (Fsp3) is 0.600. The Morgan fingerprint density at radius 2 is 2.08 bits per heavy atom. The first-order chi connectivity index (χ1) is 12.8. The number of aryl methyl sites for hydroxylation is 1. The van der Waals surface area contributed by atoms with Crippen molar-refractivity contribution in [3.05, 3.63) is 30.0 Å². The van der Waals surface area contributed by atoms with Gasteiger partial charge in [0.25, 0.3) is 0 Å². The number of piperidine rings is 1. The first kappa shape index (κ1) is 17.2. The van der Waals surface area contributed by atoms with Crippen LogP contribution in [-0.2, 0) is 11.2 Å². The van der Waals surface area contributed by atoms with Crippen LogP contribution in [0.4, 0.5) is 0 Å². The van der Waals surface area contributed by atoms with Gasteiger partial charge < -0.3 is 4.90 Å². The minimum Gasteiger partial charge on any atom is -0.342 e. The van der Waals surface area contributed by atoms with Gasteiger partial charge in [0, 0.05) is 48.8 Å². The minimum atomic E-state index is 0.298. The van der Waals surface area contributed by atoms with Gasteiger partial charge >= 0.3 is 0 Å². The summed E-state index contributed by atoms with van der Waals surface area (Å²) in [7, 11) is 0. The average Bonchev–Trinajstić information content (AvgIpc) is 3.11. The molecule has 1 N–H and O–H groups in total. The summed E-state index contributed by atoms with van der Waals surface area (Å²) in [6.45, 7) is 3.84. The molecule has 1 saturated carbocycles. The Morgan fingerprint density at radius 3 is 2.77 bits per heavy atom. The van der Waals surface area contributed by atoms with E-state index < -0.39 is 0 Å². The van der Waals surface area contributed by atoms with Crippen LogP contribution in [0.3, 0.4) is 0 Å². The molecule has 3 heterocycles. The third-order valence-corrected chi connectivity index (χ3v) is 5.79. The summed E-state index contributed by atoms with van der Waals surface area (Å²) < 4.78 is 0. The van der Waals surface area contributed by atoms with Gasteiger partial charge in [0.2, 0.25) is 5.91 Å². The van der Waals surface area contributed by atoms with E-state index in [1.54, 1.807) is 0 Å². The van der Waals surface area contributed by atoms with E-state index in [1.807, 2.05) is 18.5 Å². The lowest BCUT2D eigenvalue weighted by Gasteiger charge is -2.36. The van der Waals surface area contributed by atoms with Crippen LogP contribution in [0.5, 0.6) is 0 Å². The SMILES string of the molecule is CCCc1nccc(-c2cn[nH]c2C2CCN(C(=O)C3CCC3)CC2)n1. The molecule has 6 heteroatoms. The van der Waals surface area contributed by atoms with E-state index >= 15 is 0 Å². The number of nitrogens with zero attached hydrogens (tertiary/aromatic N) is 4. The van der Waals surface area contributed by atoms with E-state index in [2.05, 4.69) is 27.0 Å². The number of aromatic nitrogens is 4. The van der Waals surface area contributed by atoms with E-state index in [4.69, 9.17) is 4.98 Å². The third kappa shape index (κ3) is 3.37. The highest BCUT2D eigenvalue weighted by molar-refractivity contribution is 5.79. The summed E-state index contributed by atoms with van der Waals surface area (Å²) in [5.41, 5.74) is 3.18. The van der Waals surface area contributed by atoms with Crippen molar-refractivity contribution >= 4 is 5.91 Å². The van der Waals surface area contributed by atoms with Crippen LogP contribution in [0.15, 0.2) is 18.5 Å². The number of hydrogen-bond acceptors (Lipinski definition) is 4. The maximum absolute atomic E-state index is 12.4. The lowest BCUT2D eigenvalue weighted by molar-refractivity contribution is -0.139. The second-order valence-corrected chi connectivity index (χ2v) is 7.53. The van der Waals surface area contributed by atoms with Crippen molar-refractivity contribution in [3.63, 3.8) is 0 Å². The van der Waals surface area contributed by atoms with Crippen LogP contribution in [-0.4, -0.2) is 44.1 Å². The molecule has 0 aromatic carbocycles. The summed E-state index contributed by atoms with van der Waals surface area (Å²) >= 11 is 0. The van der Waals surface area contributed by atoms with Crippen LogP contribution in [0.2, 0.25) is 0 Å². The Kier molecular flexibility index (Phi) is 5.00. The first-order valence-electron chi connectivity index (χ1n) is 9.90. The molecule has 138 valence electrons. The van der Waals surface area contributed by atoms with Crippen LogP contribution in [0.1, 0.15) is 62.9 Å². The lowest BCUT2D eigenvalue weighted by atomic mass is 9.83. The molecule has 0 spiro atoms. The molecular weight excluding hydrogens is 326 g/mol. The maximum atomic E-state index is 12.4. The molecule has 2 aromatic heterocycles. The largest absolute Gasteiger partial charge is 0.342 e. The normalized spacial score (nSPS) is 18.7. The Hall–Kier alpha value is -2.24. The van der Waals surface area contributed by atoms with Crippen molar-refractivity contribution in [3.8, 4) is 11.3 Å².